The third-order valence-corrected chi connectivity index (χ3v) is 5.07. The van der Waals surface area contributed by atoms with E-state index in [9.17, 15) is 19.1 Å². The van der Waals surface area contributed by atoms with E-state index in [4.69, 9.17) is 4.74 Å². The van der Waals surface area contributed by atoms with E-state index in [0.717, 1.165) is 41.5 Å². The van der Waals surface area contributed by atoms with Crippen molar-refractivity contribution in [2.75, 3.05) is 19.0 Å². The first-order valence-corrected chi connectivity index (χ1v) is 9.22. The van der Waals surface area contributed by atoms with Gasteiger partial charge in [-0.2, -0.15) is 0 Å². The molecule has 7 heteroatoms. The number of aromatic hydroxyl groups is 1. The number of methoxy groups -OCH3 is 1. The minimum Gasteiger partial charge on any atom is -0.506 e. The average molecular weight is 407 g/mol. The Morgan fingerprint density at radius 3 is 2.23 bits per heavy atom. The number of fused-ring (bicyclic) bond motifs is 3. The fraction of sp³-hybridized carbons (Fsp3) is 0.130. The molecule has 0 spiro atoms. The second-order valence-electron chi connectivity index (χ2n) is 6.79. The molecule has 0 radical (unpaired) electrons. The van der Waals surface area contributed by atoms with E-state index in [1.807, 2.05) is 48.5 Å². The predicted molar refractivity (Wildman–Crippen MR) is 108 cm³/mol. The normalized spacial score (nSPS) is 12.1. The lowest BCUT2D eigenvalue weighted by molar-refractivity contribution is 0.0595. The summed E-state index contributed by atoms with van der Waals surface area (Å²) in [5.74, 6) is -2.55. The van der Waals surface area contributed by atoms with Crippen LogP contribution in [0.4, 0.5) is 14.9 Å². The standard InChI is InChI=1S/C23H18FNO5/c1-29-22(27)17-10-20(21(26)11-19(17)24)25-23(28)30-12-18-15-8-4-2-6-13(15)14-7-3-5-9-16(14)18/h2-11,18,26H,12H2,1H3,(H,25,28). The Kier molecular flexibility index (Phi) is 5.10. The number of ether oxygens (including phenoxy) is 2. The number of amides is 1. The van der Waals surface area contributed by atoms with E-state index < -0.39 is 29.2 Å². The van der Waals surface area contributed by atoms with Crippen LogP contribution in [0.3, 0.4) is 0 Å². The SMILES string of the molecule is COC(=O)c1cc(NC(=O)OCC2c3ccccc3-c3ccccc32)c(O)cc1F. The first-order valence-electron chi connectivity index (χ1n) is 9.22. The number of benzene rings is 3. The van der Waals surface area contributed by atoms with Gasteiger partial charge in [0.25, 0.3) is 0 Å². The topological polar surface area (TPSA) is 84.9 Å². The summed E-state index contributed by atoms with van der Waals surface area (Å²) in [5, 5.41) is 12.2. The maximum absolute atomic E-state index is 13.8. The first-order chi connectivity index (χ1) is 14.5. The first kappa shape index (κ1) is 19.4. The minimum absolute atomic E-state index is 0.0751. The zero-order valence-electron chi connectivity index (χ0n) is 16.0. The van der Waals surface area contributed by atoms with Gasteiger partial charge in [-0.25, -0.2) is 14.0 Å². The quantitative estimate of drug-likeness (QED) is 0.485. The van der Waals surface area contributed by atoms with Gasteiger partial charge in [0, 0.05) is 12.0 Å². The molecule has 1 amide bonds. The molecule has 0 saturated carbocycles. The Morgan fingerprint density at radius 2 is 1.63 bits per heavy atom. The molecule has 2 N–H and O–H groups in total. The summed E-state index contributed by atoms with van der Waals surface area (Å²) in [6.07, 6.45) is -0.838. The zero-order valence-corrected chi connectivity index (χ0v) is 16.0. The minimum atomic E-state index is -0.961. The largest absolute Gasteiger partial charge is 0.506 e. The monoisotopic (exact) mass is 407 g/mol. The van der Waals surface area contributed by atoms with Gasteiger partial charge in [0.05, 0.1) is 18.4 Å². The average Bonchev–Trinajstić information content (AvgIpc) is 3.07. The molecular formula is C23H18FNO5. The van der Waals surface area contributed by atoms with Crippen LogP contribution in [0.1, 0.15) is 27.4 Å². The molecule has 6 nitrogen and oxygen atoms in total. The molecule has 0 bridgehead atoms. The van der Waals surface area contributed by atoms with Gasteiger partial charge in [0.15, 0.2) is 0 Å². The molecular weight excluding hydrogens is 389 g/mol. The highest BCUT2D eigenvalue weighted by molar-refractivity contribution is 5.94. The lowest BCUT2D eigenvalue weighted by atomic mass is 9.98. The summed E-state index contributed by atoms with van der Waals surface area (Å²) >= 11 is 0. The Labute approximate surface area is 171 Å². The number of esters is 1. The molecule has 1 aliphatic rings. The molecule has 4 rings (SSSR count). The molecule has 3 aromatic carbocycles. The van der Waals surface area contributed by atoms with Crippen LogP contribution >= 0.6 is 0 Å². The summed E-state index contributed by atoms with van der Waals surface area (Å²) in [6, 6.07) is 17.6. The third kappa shape index (κ3) is 3.45. The number of rotatable bonds is 4. The number of carbonyl (C=O) groups excluding carboxylic acids is 2. The number of nitrogens with one attached hydrogen (secondary N) is 1. The van der Waals surface area contributed by atoms with E-state index in [1.54, 1.807) is 0 Å². The summed E-state index contributed by atoms with van der Waals surface area (Å²) in [6.45, 7) is 0.0751. The Hall–Kier alpha value is -3.87. The van der Waals surface area contributed by atoms with E-state index in [1.165, 1.54) is 0 Å². The van der Waals surface area contributed by atoms with Crippen LogP contribution in [0.5, 0.6) is 5.75 Å². The highest BCUT2D eigenvalue weighted by atomic mass is 19.1. The van der Waals surface area contributed by atoms with Gasteiger partial charge < -0.3 is 14.6 Å². The molecule has 152 valence electrons. The van der Waals surface area contributed by atoms with E-state index in [-0.39, 0.29) is 18.2 Å². The smallest absolute Gasteiger partial charge is 0.411 e. The van der Waals surface area contributed by atoms with Crippen molar-refractivity contribution in [3.8, 4) is 16.9 Å². The fourth-order valence-corrected chi connectivity index (χ4v) is 3.67. The summed E-state index contributed by atoms with van der Waals surface area (Å²) in [7, 11) is 1.10. The molecule has 0 atom stereocenters. The second kappa shape index (κ2) is 7.87. The molecule has 0 aliphatic heterocycles. The molecule has 0 fully saturated rings. The predicted octanol–water partition coefficient (Wildman–Crippen LogP) is 4.68. The van der Waals surface area contributed by atoms with Crippen molar-refractivity contribution in [2.45, 2.75) is 5.92 Å². The molecule has 1 aliphatic carbocycles. The van der Waals surface area contributed by atoms with Crippen molar-refractivity contribution < 1.29 is 28.6 Å². The van der Waals surface area contributed by atoms with E-state index in [2.05, 4.69) is 10.1 Å². The molecule has 0 unspecified atom stereocenters. The highest BCUT2D eigenvalue weighted by Crippen LogP contribution is 2.44. The highest BCUT2D eigenvalue weighted by Gasteiger charge is 2.29. The van der Waals surface area contributed by atoms with Gasteiger partial charge in [-0.1, -0.05) is 48.5 Å². The maximum Gasteiger partial charge on any atom is 0.411 e. The summed E-state index contributed by atoms with van der Waals surface area (Å²) < 4.78 is 23.7. The van der Waals surface area contributed by atoms with Crippen LogP contribution in [0.2, 0.25) is 0 Å². The number of phenols is 1. The van der Waals surface area contributed by atoms with Crippen LogP contribution in [0, 0.1) is 5.82 Å². The van der Waals surface area contributed by atoms with Crippen molar-refractivity contribution >= 4 is 17.7 Å². The van der Waals surface area contributed by atoms with Crippen LogP contribution in [-0.4, -0.2) is 30.9 Å². The summed E-state index contributed by atoms with van der Waals surface area (Å²) in [4.78, 5) is 24.0. The van der Waals surface area contributed by atoms with E-state index >= 15 is 0 Å². The van der Waals surface area contributed by atoms with Crippen LogP contribution < -0.4 is 5.32 Å². The van der Waals surface area contributed by atoms with Crippen molar-refractivity contribution in [1.82, 2.24) is 0 Å². The number of phenolic OH excluding ortho intramolecular Hbond substituents is 1. The lowest BCUT2D eigenvalue weighted by Gasteiger charge is -2.15. The molecule has 30 heavy (non-hydrogen) atoms. The van der Waals surface area contributed by atoms with Gasteiger partial charge >= 0.3 is 12.1 Å². The molecule has 3 aromatic rings. The van der Waals surface area contributed by atoms with Crippen molar-refractivity contribution in [3.05, 3.63) is 83.2 Å². The number of halogens is 1. The van der Waals surface area contributed by atoms with Crippen molar-refractivity contribution in [2.24, 2.45) is 0 Å². The van der Waals surface area contributed by atoms with Gasteiger partial charge in [0.2, 0.25) is 0 Å². The Balaban J connectivity index is 1.51. The molecule has 0 heterocycles. The van der Waals surface area contributed by atoms with Crippen LogP contribution in [-0.2, 0) is 9.47 Å². The van der Waals surface area contributed by atoms with Gasteiger partial charge in [0.1, 0.15) is 18.2 Å². The van der Waals surface area contributed by atoms with Gasteiger partial charge in [-0.3, -0.25) is 5.32 Å². The molecule has 0 saturated heterocycles. The van der Waals surface area contributed by atoms with E-state index in [0.29, 0.717) is 0 Å². The zero-order chi connectivity index (χ0) is 21.3. The lowest BCUT2D eigenvalue weighted by Crippen LogP contribution is -2.18. The Bertz CT molecular complexity index is 1100. The third-order valence-electron chi connectivity index (χ3n) is 5.07. The number of anilines is 1. The van der Waals surface area contributed by atoms with Crippen molar-refractivity contribution in [3.63, 3.8) is 0 Å². The number of carbonyl (C=O) groups is 2. The second-order valence-corrected chi connectivity index (χ2v) is 6.79. The van der Waals surface area contributed by atoms with Crippen LogP contribution in [0.25, 0.3) is 11.1 Å². The van der Waals surface area contributed by atoms with Gasteiger partial charge in [-0.15, -0.1) is 0 Å². The molecule has 0 aromatic heterocycles. The number of hydrogen-bond acceptors (Lipinski definition) is 5. The number of hydrogen-bond donors (Lipinski definition) is 2. The van der Waals surface area contributed by atoms with Crippen LogP contribution in [0.15, 0.2) is 60.7 Å². The van der Waals surface area contributed by atoms with Crippen molar-refractivity contribution in [1.29, 1.82) is 0 Å². The fourth-order valence-electron chi connectivity index (χ4n) is 3.67. The van der Waals surface area contributed by atoms with Gasteiger partial charge in [-0.05, 0) is 28.3 Å². The maximum atomic E-state index is 13.8. The Morgan fingerprint density at radius 1 is 1.03 bits per heavy atom. The summed E-state index contributed by atoms with van der Waals surface area (Å²) in [5.41, 5.74) is 3.74.